The Kier molecular flexibility index (Phi) is 3.94. The summed E-state index contributed by atoms with van der Waals surface area (Å²) in [5.74, 6) is 0.810. The van der Waals surface area contributed by atoms with Gasteiger partial charge in [-0.2, -0.15) is 4.98 Å². The normalized spacial score (nSPS) is 23.1. The van der Waals surface area contributed by atoms with Crippen LogP contribution in [0.15, 0.2) is 22.8 Å². The summed E-state index contributed by atoms with van der Waals surface area (Å²) >= 11 is 3.52. The summed E-state index contributed by atoms with van der Waals surface area (Å²) in [6.45, 7) is 0. The van der Waals surface area contributed by atoms with Crippen molar-refractivity contribution >= 4 is 27.5 Å². The Bertz CT molecular complexity index is 588. The minimum absolute atomic E-state index is 0.538. The highest BCUT2D eigenvalue weighted by molar-refractivity contribution is 9.10. The highest BCUT2D eigenvalue weighted by Crippen LogP contribution is 2.26. The Morgan fingerprint density at radius 1 is 1.35 bits per heavy atom. The molecule has 1 aliphatic rings. The Labute approximate surface area is 127 Å². The fraction of sp³-hybridized carbons (Fsp3) is 0.571. The smallest absolute Gasteiger partial charge is 0.245 e. The van der Waals surface area contributed by atoms with Gasteiger partial charge in [0.05, 0.1) is 4.47 Å². The Balaban J connectivity index is 1.79. The molecule has 0 atom stereocenters. The molecular formula is C14H20BrN5. The van der Waals surface area contributed by atoms with Crippen molar-refractivity contribution < 1.29 is 0 Å². The molecule has 108 valence electrons. The van der Waals surface area contributed by atoms with Crippen LogP contribution < -0.4 is 10.2 Å². The van der Waals surface area contributed by atoms with E-state index >= 15 is 0 Å². The van der Waals surface area contributed by atoms with Crippen molar-refractivity contribution in [1.29, 1.82) is 0 Å². The molecule has 5 nitrogen and oxygen atoms in total. The summed E-state index contributed by atoms with van der Waals surface area (Å²) in [5.41, 5.74) is 0.873. The molecule has 0 aliphatic heterocycles. The maximum atomic E-state index is 4.64. The average molecular weight is 338 g/mol. The van der Waals surface area contributed by atoms with Crippen molar-refractivity contribution in [3.63, 3.8) is 0 Å². The second-order valence-corrected chi connectivity index (χ2v) is 6.30. The number of aromatic nitrogens is 3. The lowest BCUT2D eigenvalue weighted by Gasteiger charge is -2.33. The fourth-order valence-electron chi connectivity index (χ4n) is 2.93. The predicted molar refractivity (Wildman–Crippen MR) is 84.2 cm³/mol. The molecule has 0 amide bonds. The number of rotatable bonds is 3. The largest absolute Gasteiger partial charge is 0.340 e. The summed E-state index contributed by atoms with van der Waals surface area (Å²) in [5, 5.41) is 7.95. The number of hydrogen-bond donors (Lipinski definition) is 1. The van der Waals surface area contributed by atoms with Crippen LogP contribution >= 0.6 is 15.9 Å². The third-order valence-electron chi connectivity index (χ3n) is 4.27. The summed E-state index contributed by atoms with van der Waals surface area (Å²) in [4.78, 5) is 6.87. The molecule has 1 N–H and O–H groups in total. The molecule has 0 spiro atoms. The quantitative estimate of drug-likeness (QED) is 0.934. The van der Waals surface area contributed by atoms with Crippen LogP contribution in [0.3, 0.4) is 0 Å². The standard InChI is InChI=1S/C14H20BrN5/c1-16-10-5-7-11(8-6-10)19(2)14-17-13-12(15)4-3-9-20(13)18-14/h3-4,9-11,16H,5-8H2,1-2H3. The highest BCUT2D eigenvalue weighted by Gasteiger charge is 2.25. The molecular weight excluding hydrogens is 318 g/mol. The predicted octanol–water partition coefficient (Wildman–Crippen LogP) is 2.46. The summed E-state index contributed by atoms with van der Waals surface area (Å²) in [6.07, 6.45) is 6.77. The van der Waals surface area contributed by atoms with Gasteiger partial charge in [-0.25, -0.2) is 4.52 Å². The van der Waals surface area contributed by atoms with Gasteiger partial charge in [-0.1, -0.05) is 0 Å². The van der Waals surface area contributed by atoms with E-state index in [1.54, 1.807) is 0 Å². The van der Waals surface area contributed by atoms with Crippen LogP contribution in [0.1, 0.15) is 25.7 Å². The van der Waals surface area contributed by atoms with Crippen LogP contribution in [0, 0.1) is 0 Å². The number of nitrogens with one attached hydrogen (secondary N) is 1. The zero-order valence-electron chi connectivity index (χ0n) is 11.9. The van der Waals surface area contributed by atoms with Gasteiger partial charge in [-0.15, -0.1) is 5.10 Å². The van der Waals surface area contributed by atoms with Gasteiger partial charge in [0.25, 0.3) is 0 Å². The van der Waals surface area contributed by atoms with Gasteiger partial charge in [-0.3, -0.25) is 0 Å². The zero-order chi connectivity index (χ0) is 14.1. The number of nitrogens with zero attached hydrogens (tertiary/aromatic N) is 4. The van der Waals surface area contributed by atoms with E-state index in [4.69, 9.17) is 0 Å². The third-order valence-corrected chi connectivity index (χ3v) is 4.89. The lowest BCUT2D eigenvalue weighted by molar-refractivity contribution is 0.349. The minimum atomic E-state index is 0.538. The molecule has 1 saturated carbocycles. The maximum absolute atomic E-state index is 4.64. The first-order valence-corrected chi connectivity index (χ1v) is 7.89. The molecule has 20 heavy (non-hydrogen) atoms. The molecule has 1 fully saturated rings. The van der Waals surface area contributed by atoms with Crippen LogP contribution in [-0.4, -0.2) is 40.8 Å². The van der Waals surface area contributed by atoms with Crippen LogP contribution in [0.5, 0.6) is 0 Å². The molecule has 0 bridgehead atoms. The highest BCUT2D eigenvalue weighted by atomic mass is 79.9. The van der Waals surface area contributed by atoms with Gasteiger partial charge in [0.1, 0.15) is 0 Å². The van der Waals surface area contributed by atoms with E-state index in [0.29, 0.717) is 12.1 Å². The molecule has 2 aromatic heterocycles. The van der Waals surface area contributed by atoms with Gasteiger partial charge in [-0.05, 0) is 60.8 Å². The van der Waals surface area contributed by atoms with Gasteiger partial charge >= 0.3 is 0 Å². The molecule has 3 rings (SSSR count). The maximum Gasteiger partial charge on any atom is 0.245 e. The molecule has 0 aromatic carbocycles. The Morgan fingerprint density at radius 3 is 2.75 bits per heavy atom. The number of pyridine rings is 1. The van der Waals surface area contributed by atoms with E-state index in [-0.39, 0.29) is 0 Å². The second kappa shape index (κ2) is 5.69. The van der Waals surface area contributed by atoms with Crippen LogP contribution in [0.4, 0.5) is 5.95 Å². The monoisotopic (exact) mass is 337 g/mol. The van der Waals surface area contributed by atoms with Gasteiger partial charge in [0, 0.05) is 25.3 Å². The first kappa shape index (κ1) is 13.8. The lowest BCUT2D eigenvalue weighted by Crippen LogP contribution is -2.40. The lowest BCUT2D eigenvalue weighted by atomic mass is 9.90. The van der Waals surface area contributed by atoms with Gasteiger partial charge in [0.2, 0.25) is 5.95 Å². The van der Waals surface area contributed by atoms with Crippen molar-refractivity contribution in [2.45, 2.75) is 37.8 Å². The molecule has 2 heterocycles. The second-order valence-electron chi connectivity index (χ2n) is 5.44. The zero-order valence-corrected chi connectivity index (χ0v) is 13.5. The fourth-order valence-corrected chi connectivity index (χ4v) is 3.35. The Morgan fingerprint density at radius 2 is 2.10 bits per heavy atom. The van der Waals surface area contributed by atoms with E-state index in [1.165, 1.54) is 25.7 Å². The molecule has 0 unspecified atom stereocenters. The van der Waals surface area contributed by atoms with E-state index in [9.17, 15) is 0 Å². The van der Waals surface area contributed by atoms with E-state index < -0.39 is 0 Å². The van der Waals surface area contributed by atoms with Gasteiger partial charge < -0.3 is 10.2 Å². The number of halogens is 1. The summed E-state index contributed by atoms with van der Waals surface area (Å²) < 4.78 is 2.81. The van der Waals surface area contributed by atoms with Crippen molar-refractivity contribution in [2.75, 3.05) is 19.0 Å². The van der Waals surface area contributed by atoms with Crippen LogP contribution in [-0.2, 0) is 0 Å². The molecule has 2 aromatic rings. The van der Waals surface area contributed by atoms with E-state index in [0.717, 1.165) is 16.1 Å². The van der Waals surface area contributed by atoms with E-state index in [1.807, 2.05) is 22.8 Å². The van der Waals surface area contributed by atoms with Crippen LogP contribution in [0.2, 0.25) is 0 Å². The molecule has 0 radical (unpaired) electrons. The molecule has 0 saturated heterocycles. The number of hydrogen-bond acceptors (Lipinski definition) is 4. The summed E-state index contributed by atoms with van der Waals surface area (Å²) in [7, 11) is 4.16. The number of anilines is 1. The first-order chi connectivity index (χ1) is 9.69. The van der Waals surface area contributed by atoms with Crippen molar-refractivity contribution in [3.05, 3.63) is 22.8 Å². The number of fused-ring (bicyclic) bond motifs is 1. The SMILES string of the molecule is CNC1CCC(N(C)c2nc3c(Br)cccn3n2)CC1. The third kappa shape index (κ3) is 2.54. The van der Waals surface area contributed by atoms with Crippen molar-refractivity contribution in [2.24, 2.45) is 0 Å². The summed E-state index contributed by atoms with van der Waals surface area (Å²) in [6, 6.07) is 5.16. The average Bonchev–Trinajstić information content (AvgIpc) is 2.92. The molecule has 1 aliphatic carbocycles. The van der Waals surface area contributed by atoms with Crippen molar-refractivity contribution in [1.82, 2.24) is 19.9 Å². The van der Waals surface area contributed by atoms with Crippen LogP contribution in [0.25, 0.3) is 5.65 Å². The van der Waals surface area contributed by atoms with Crippen molar-refractivity contribution in [3.8, 4) is 0 Å². The minimum Gasteiger partial charge on any atom is -0.340 e. The Hall–Kier alpha value is -1.14. The molecule has 6 heteroatoms. The topological polar surface area (TPSA) is 45.5 Å². The van der Waals surface area contributed by atoms with Gasteiger partial charge in [0.15, 0.2) is 5.65 Å². The van der Waals surface area contributed by atoms with E-state index in [2.05, 4.69) is 50.3 Å². The first-order valence-electron chi connectivity index (χ1n) is 7.10.